The van der Waals surface area contributed by atoms with Gasteiger partial charge in [0.1, 0.15) is 0 Å². The predicted molar refractivity (Wildman–Crippen MR) is 88.4 cm³/mol. The highest BCUT2D eigenvalue weighted by Crippen LogP contribution is 2.23. The van der Waals surface area contributed by atoms with Crippen molar-refractivity contribution in [3.05, 3.63) is 64.2 Å². The van der Waals surface area contributed by atoms with Crippen molar-refractivity contribution in [3.63, 3.8) is 0 Å². The fourth-order valence-corrected chi connectivity index (χ4v) is 2.34. The molecule has 23 heavy (non-hydrogen) atoms. The molecule has 0 saturated carbocycles. The van der Waals surface area contributed by atoms with E-state index in [9.17, 15) is 14.9 Å². The number of Topliss-reactive ketones (excluding diaryl/α,β-unsaturated/α-hetero) is 1. The van der Waals surface area contributed by atoms with E-state index >= 15 is 0 Å². The number of hydrogen-bond donors (Lipinski definition) is 1. The molecular formula is C18H19NO4. The molecule has 0 amide bonds. The van der Waals surface area contributed by atoms with Gasteiger partial charge in [-0.15, -0.1) is 0 Å². The van der Waals surface area contributed by atoms with Crippen LogP contribution in [0, 0.1) is 10.1 Å². The van der Waals surface area contributed by atoms with Gasteiger partial charge in [0.05, 0.1) is 4.92 Å². The molecule has 2 aromatic carbocycles. The first-order valence-corrected chi connectivity index (χ1v) is 7.61. The fourth-order valence-electron chi connectivity index (χ4n) is 2.34. The van der Waals surface area contributed by atoms with Crippen molar-refractivity contribution >= 4 is 11.5 Å². The fraction of sp³-hybridized carbons (Fsp3) is 0.278. The second-order valence-corrected chi connectivity index (χ2v) is 5.34. The summed E-state index contributed by atoms with van der Waals surface area (Å²) in [5.41, 5.74) is 2.51. The maximum Gasteiger partial charge on any atom is 0.269 e. The SMILES string of the molecule is O=C(CCCCCO)c1ccc(-c2ccc([N+](=O)[O-])cc2)cc1. The van der Waals surface area contributed by atoms with E-state index in [0.717, 1.165) is 30.4 Å². The Kier molecular flexibility index (Phi) is 6.00. The lowest BCUT2D eigenvalue weighted by Crippen LogP contribution is -1.99. The van der Waals surface area contributed by atoms with Crippen molar-refractivity contribution in [2.24, 2.45) is 0 Å². The maximum atomic E-state index is 12.0. The van der Waals surface area contributed by atoms with E-state index in [2.05, 4.69) is 0 Å². The normalized spacial score (nSPS) is 10.5. The van der Waals surface area contributed by atoms with E-state index in [4.69, 9.17) is 5.11 Å². The van der Waals surface area contributed by atoms with Gasteiger partial charge in [-0.1, -0.05) is 30.7 Å². The molecule has 0 atom stereocenters. The third-order valence-electron chi connectivity index (χ3n) is 3.68. The predicted octanol–water partition coefficient (Wildman–Crippen LogP) is 4.00. The van der Waals surface area contributed by atoms with Gasteiger partial charge in [0.25, 0.3) is 5.69 Å². The van der Waals surface area contributed by atoms with Crippen LogP contribution in [0.15, 0.2) is 48.5 Å². The van der Waals surface area contributed by atoms with Gasteiger partial charge in [-0.2, -0.15) is 0 Å². The number of nitro benzene ring substituents is 1. The Bertz CT molecular complexity index is 662. The number of aliphatic hydroxyl groups is 1. The van der Waals surface area contributed by atoms with Gasteiger partial charge in [-0.05, 0) is 36.1 Å². The minimum atomic E-state index is -0.428. The Hall–Kier alpha value is -2.53. The van der Waals surface area contributed by atoms with E-state index in [1.807, 2.05) is 12.1 Å². The molecule has 0 bridgehead atoms. The Labute approximate surface area is 134 Å². The molecule has 5 nitrogen and oxygen atoms in total. The Balaban J connectivity index is 2.01. The molecule has 0 unspecified atom stereocenters. The van der Waals surface area contributed by atoms with Crippen molar-refractivity contribution in [2.45, 2.75) is 25.7 Å². The van der Waals surface area contributed by atoms with Crippen LogP contribution in [0.25, 0.3) is 11.1 Å². The second-order valence-electron chi connectivity index (χ2n) is 5.34. The highest BCUT2D eigenvalue weighted by Gasteiger charge is 2.08. The van der Waals surface area contributed by atoms with Crippen LogP contribution < -0.4 is 0 Å². The number of unbranched alkanes of at least 4 members (excludes halogenated alkanes) is 2. The lowest BCUT2D eigenvalue weighted by Gasteiger charge is -2.04. The molecule has 0 aromatic heterocycles. The summed E-state index contributed by atoms with van der Waals surface area (Å²) in [6.07, 6.45) is 2.84. The molecule has 0 aliphatic carbocycles. The van der Waals surface area contributed by atoms with Gasteiger partial charge in [0.15, 0.2) is 5.78 Å². The minimum absolute atomic E-state index is 0.0587. The van der Waals surface area contributed by atoms with Crippen LogP contribution in [-0.4, -0.2) is 22.4 Å². The van der Waals surface area contributed by atoms with Crippen LogP contribution in [-0.2, 0) is 0 Å². The Morgan fingerprint density at radius 1 is 0.913 bits per heavy atom. The number of aliphatic hydroxyl groups excluding tert-OH is 1. The topological polar surface area (TPSA) is 80.4 Å². The third kappa shape index (κ3) is 4.72. The van der Waals surface area contributed by atoms with Crippen LogP contribution in [0.2, 0.25) is 0 Å². The van der Waals surface area contributed by atoms with Gasteiger partial charge in [0, 0.05) is 30.7 Å². The lowest BCUT2D eigenvalue weighted by molar-refractivity contribution is -0.384. The van der Waals surface area contributed by atoms with Crippen molar-refractivity contribution in [1.82, 2.24) is 0 Å². The highest BCUT2D eigenvalue weighted by atomic mass is 16.6. The average Bonchev–Trinajstić information content (AvgIpc) is 2.59. The molecule has 0 saturated heterocycles. The summed E-state index contributed by atoms with van der Waals surface area (Å²) in [7, 11) is 0. The second kappa shape index (κ2) is 8.19. The number of rotatable bonds is 8. The van der Waals surface area contributed by atoms with E-state index < -0.39 is 4.92 Å². The summed E-state index contributed by atoms with van der Waals surface area (Å²) < 4.78 is 0. The Morgan fingerprint density at radius 2 is 1.48 bits per heavy atom. The number of carbonyl (C=O) groups excluding carboxylic acids is 1. The number of hydrogen-bond acceptors (Lipinski definition) is 4. The average molecular weight is 313 g/mol. The number of nitro groups is 1. The zero-order chi connectivity index (χ0) is 16.7. The van der Waals surface area contributed by atoms with E-state index in [1.54, 1.807) is 24.3 Å². The van der Waals surface area contributed by atoms with Gasteiger partial charge < -0.3 is 5.11 Å². The van der Waals surface area contributed by atoms with Gasteiger partial charge in [-0.25, -0.2) is 0 Å². The summed E-state index contributed by atoms with van der Waals surface area (Å²) in [5, 5.41) is 19.4. The zero-order valence-corrected chi connectivity index (χ0v) is 12.8. The lowest BCUT2D eigenvalue weighted by atomic mass is 10.00. The Morgan fingerprint density at radius 3 is 2.00 bits per heavy atom. The number of nitrogens with zero attached hydrogens (tertiary/aromatic N) is 1. The summed E-state index contributed by atoms with van der Waals surface area (Å²) >= 11 is 0. The molecule has 0 heterocycles. The minimum Gasteiger partial charge on any atom is -0.396 e. The highest BCUT2D eigenvalue weighted by molar-refractivity contribution is 5.96. The molecular weight excluding hydrogens is 294 g/mol. The monoisotopic (exact) mass is 313 g/mol. The number of carbonyl (C=O) groups is 1. The van der Waals surface area contributed by atoms with Crippen molar-refractivity contribution in [3.8, 4) is 11.1 Å². The molecule has 0 spiro atoms. The molecule has 5 heteroatoms. The molecule has 2 rings (SSSR count). The van der Waals surface area contributed by atoms with Crippen LogP contribution in [0.5, 0.6) is 0 Å². The summed E-state index contributed by atoms with van der Waals surface area (Å²) in [6.45, 7) is 0.165. The van der Waals surface area contributed by atoms with Crippen molar-refractivity contribution in [1.29, 1.82) is 0 Å². The quantitative estimate of drug-likeness (QED) is 0.346. The van der Waals surface area contributed by atoms with Crippen molar-refractivity contribution in [2.75, 3.05) is 6.61 Å². The van der Waals surface area contributed by atoms with E-state index in [0.29, 0.717) is 12.0 Å². The summed E-state index contributed by atoms with van der Waals surface area (Å²) in [6, 6.07) is 13.6. The maximum absolute atomic E-state index is 12.0. The first-order valence-electron chi connectivity index (χ1n) is 7.61. The standard InChI is InChI=1S/C18H19NO4/c20-13-3-1-2-4-18(21)16-7-5-14(6-8-16)15-9-11-17(12-10-15)19(22)23/h5-12,20H,1-4,13H2. The smallest absolute Gasteiger partial charge is 0.269 e. The van der Waals surface area contributed by atoms with Gasteiger partial charge in [0.2, 0.25) is 0 Å². The molecule has 2 aromatic rings. The first kappa shape index (κ1) is 16.8. The van der Waals surface area contributed by atoms with Crippen molar-refractivity contribution < 1.29 is 14.8 Å². The summed E-state index contributed by atoms with van der Waals surface area (Å²) in [4.78, 5) is 22.3. The molecule has 120 valence electrons. The number of ketones is 1. The van der Waals surface area contributed by atoms with Crippen LogP contribution in [0.1, 0.15) is 36.0 Å². The van der Waals surface area contributed by atoms with Gasteiger partial charge in [-0.3, -0.25) is 14.9 Å². The van der Waals surface area contributed by atoms with Crippen LogP contribution in [0.4, 0.5) is 5.69 Å². The van der Waals surface area contributed by atoms with E-state index in [-0.39, 0.29) is 18.1 Å². The number of benzene rings is 2. The number of non-ortho nitro benzene ring substituents is 1. The first-order chi connectivity index (χ1) is 11.1. The molecule has 0 aliphatic heterocycles. The van der Waals surface area contributed by atoms with Crippen LogP contribution in [0.3, 0.4) is 0 Å². The van der Waals surface area contributed by atoms with Gasteiger partial charge >= 0.3 is 0 Å². The summed E-state index contributed by atoms with van der Waals surface area (Å²) in [5.74, 6) is 0.0955. The molecule has 0 radical (unpaired) electrons. The zero-order valence-electron chi connectivity index (χ0n) is 12.8. The molecule has 0 fully saturated rings. The molecule has 0 aliphatic rings. The van der Waals surface area contributed by atoms with E-state index in [1.165, 1.54) is 12.1 Å². The molecule has 1 N–H and O–H groups in total. The third-order valence-corrected chi connectivity index (χ3v) is 3.68. The van der Waals surface area contributed by atoms with Crippen LogP contribution >= 0.6 is 0 Å². The largest absolute Gasteiger partial charge is 0.396 e.